The van der Waals surface area contributed by atoms with Gasteiger partial charge in [-0.25, -0.2) is 0 Å². The largest absolute Gasteiger partial charge is 0.364 e. The first-order chi connectivity index (χ1) is 7.43. The minimum atomic E-state index is 0.220. The van der Waals surface area contributed by atoms with Crippen LogP contribution in [0, 0.1) is 0 Å². The van der Waals surface area contributed by atoms with Crippen molar-refractivity contribution in [2.24, 2.45) is 0 Å². The number of hydrogen-bond acceptors (Lipinski definition) is 3. The van der Waals surface area contributed by atoms with Gasteiger partial charge in [0.15, 0.2) is 0 Å². The molecule has 2 atom stereocenters. The van der Waals surface area contributed by atoms with Gasteiger partial charge in [0.2, 0.25) is 0 Å². The van der Waals surface area contributed by atoms with Crippen molar-refractivity contribution in [2.45, 2.75) is 25.0 Å². The van der Waals surface area contributed by atoms with E-state index in [1.165, 1.54) is 5.56 Å². The molecule has 1 aromatic carbocycles. The highest BCUT2D eigenvalue weighted by Gasteiger charge is 2.36. The highest BCUT2D eigenvalue weighted by Crippen LogP contribution is 2.35. The Bertz CT molecular complexity index is 314. The molecule has 0 N–H and O–H groups in total. The van der Waals surface area contributed by atoms with Gasteiger partial charge in [0.1, 0.15) is 12.8 Å². The molecule has 2 fully saturated rings. The summed E-state index contributed by atoms with van der Waals surface area (Å²) < 4.78 is 5.37. The van der Waals surface area contributed by atoms with E-state index in [4.69, 9.17) is 9.57 Å². The van der Waals surface area contributed by atoms with Gasteiger partial charge in [0.25, 0.3) is 0 Å². The van der Waals surface area contributed by atoms with Crippen molar-refractivity contribution in [3.63, 3.8) is 0 Å². The first-order valence-electron chi connectivity index (χ1n) is 5.49. The summed E-state index contributed by atoms with van der Waals surface area (Å²) in [5.41, 5.74) is 1.27. The molecule has 0 amide bonds. The van der Waals surface area contributed by atoms with Crippen LogP contribution in [0.4, 0.5) is 0 Å². The van der Waals surface area contributed by atoms with Crippen LogP contribution in [0.2, 0.25) is 0 Å². The summed E-state index contributed by atoms with van der Waals surface area (Å²) in [7, 11) is 0. The lowest BCUT2D eigenvalue weighted by Crippen LogP contribution is -2.36. The summed E-state index contributed by atoms with van der Waals surface area (Å²) in [6.45, 7) is 1.49. The second-order valence-corrected chi connectivity index (χ2v) is 4.14. The second-order valence-electron chi connectivity index (χ2n) is 4.14. The smallest absolute Gasteiger partial charge is 0.122 e. The van der Waals surface area contributed by atoms with Crippen molar-refractivity contribution in [1.82, 2.24) is 5.06 Å². The Morgan fingerprint density at radius 2 is 2.07 bits per heavy atom. The zero-order chi connectivity index (χ0) is 10.1. The molecule has 2 aliphatic rings. The Kier molecular flexibility index (Phi) is 2.44. The lowest BCUT2D eigenvalue weighted by atomic mass is 10.0. The standard InChI is InChI=1S/C12H15NO2/c1-2-4-10(5-3-1)12-8-11-6-7-14-9-13(11)15-12/h1-5,11-12H,6-9H2/t11-,12+/m1/s1. The summed E-state index contributed by atoms with van der Waals surface area (Å²) in [5, 5.41) is 1.99. The van der Waals surface area contributed by atoms with Gasteiger partial charge < -0.3 is 4.74 Å². The van der Waals surface area contributed by atoms with Crippen molar-refractivity contribution in [2.75, 3.05) is 13.3 Å². The van der Waals surface area contributed by atoms with Crippen LogP contribution in [0.15, 0.2) is 30.3 Å². The number of fused-ring (bicyclic) bond motifs is 1. The fourth-order valence-corrected chi connectivity index (χ4v) is 2.29. The molecule has 0 radical (unpaired) electrons. The van der Waals surface area contributed by atoms with E-state index in [-0.39, 0.29) is 6.10 Å². The highest BCUT2D eigenvalue weighted by molar-refractivity contribution is 5.18. The van der Waals surface area contributed by atoms with Gasteiger partial charge in [-0.1, -0.05) is 30.3 Å². The number of hydrogen-bond donors (Lipinski definition) is 0. The first-order valence-corrected chi connectivity index (χ1v) is 5.49. The zero-order valence-corrected chi connectivity index (χ0v) is 8.63. The van der Waals surface area contributed by atoms with Crippen LogP contribution in [-0.4, -0.2) is 24.4 Å². The predicted molar refractivity (Wildman–Crippen MR) is 55.9 cm³/mol. The van der Waals surface area contributed by atoms with E-state index >= 15 is 0 Å². The molecular weight excluding hydrogens is 190 g/mol. The van der Waals surface area contributed by atoms with Crippen LogP contribution in [0.3, 0.4) is 0 Å². The molecule has 80 valence electrons. The Hall–Kier alpha value is -0.900. The molecule has 0 aromatic heterocycles. The van der Waals surface area contributed by atoms with Crippen LogP contribution in [0.25, 0.3) is 0 Å². The van der Waals surface area contributed by atoms with Gasteiger partial charge in [-0.05, 0) is 18.4 Å². The average molecular weight is 205 g/mol. The van der Waals surface area contributed by atoms with Crippen molar-refractivity contribution in [1.29, 1.82) is 0 Å². The van der Waals surface area contributed by atoms with Crippen molar-refractivity contribution in [3.8, 4) is 0 Å². The molecule has 3 heteroatoms. The molecule has 1 aromatic rings. The molecule has 2 aliphatic heterocycles. The van der Waals surface area contributed by atoms with Crippen LogP contribution in [0.5, 0.6) is 0 Å². The predicted octanol–water partition coefficient (Wildman–Crippen LogP) is 2.11. The van der Waals surface area contributed by atoms with E-state index in [9.17, 15) is 0 Å². The van der Waals surface area contributed by atoms with Gasteiger partial charge in [-0.15, -0.1) is 0 Å². The molecular formula is C12H15NO2. The number of ether oxygens (including phenoxy) is 1. The Labute approximate surface area is 89.6 Å². The van der Waals surface area contributed by atoms with Crippen molar-refractivity contribution < 1.29 is 9.57 Å². The lowest BCUT2D eigenvalue weighted by Gasteiger charge is -2.26. The lowest BCUT2D eigenvalue weighted by molar-refractivity contribution is -0.231. The molecule has 2 saturated heterocycles. The number of rotatable bonds is 1. The maximum Gasteiger partial charge on any atom is 0.122 e. The van der Waals surface area contributed by atoms with Crippen molar-refractivity contribution >= 4 is 0 Å². The van der Waals surface area contributed by atoms with Crippen LogP contribution in [-0.2, 0) is 9.57 Å². The third kappa shape index (κ3) is 1.78. The number of hydroxylamine groups is 2. The van der Waals surface area contributed by atoms with Gasteiger partial charge >= 0.3 is 0 Å². The fraction of sp³-hybridized carbons (Fsp3) is 0.500. The van der Waals surface area contributed by atoms with Crippen LogP contribution < -0.4 is 0 Å². The Balaban J connectivity index is 1.75. The molecule has 0 unspecified atom stereocenters. The molecule has 3 nitrogen and oxygen atoms in total. The molecule has 0 spiro atoms. The van der Waals surface area contributed by atoms with Crippen LogP contribution >= 0.6 is 0 Å². The maximum absolute atomic E-state index is 5.86. The minimum Gasteiger partial charge on any atom is -0.364 e. The normalized spacial score (nSPS) is 31.5. The maximum atomic E-state index is 5.86. The fourth-order valence-electron chi connectivity index (χ4n) is 2.29. The molecule has 2 heterocycles. The summed E-state index contributed by atoms with van der Waals surface area (Å²) >= 11 is 0. The van der Waals surface area contributed by atoms with E-state index in [2.05, 4.69) is 24.3 Å². The highest BCUT2D eigenvalue weighted by atomic mass is 16.7. The molecule has 0 bridgehead atoms. The number of nitrogens with zero attached hydrogens (tertiary/aromatic N) is 1. The quantitative estimate of drug-likeness (QED) is 0.701. The van der Waals surface area contributed by atoms with Crippen LogP contribution in [0.1, 0.15) is 24.5 Å². The second kappa shape index (κ2) is 3.93. The Morgan fingerprint density at radius 1 is 1.20 bits per heavy atom. The molecule has 0 aliphatic carbocycles. The summed E-state index contributed by atoms with van der Waals surface area (Å²) in [6.07, 6.45) is 2.40. The average Bonchev–Trinajstić information content (AvgIpc) is 2.74. The molecule has 3 rings (SSSR count). The van der Waals surface area contributed by atoms with E-state index < -0.39 is 0 Å². The topological polar surface area (TPSA) is 21.7 Å². The summed E-state index contributed by atoms with van der Waals surface area (Å²) in [6, 6.07) is 11.0. The molecule has 15 heavy (non-hydrogen) atoms. The Morgan fingerprint density at radius 3 is 2.87 bits per heavy atom. The summed E-state index contributed by atoms with van der Waals surface area (Å²) in [4.78, 5) is 5.86. The van der Waals surface area contributed by atoms with Gasteiger partial charge in [-0.2, -0.15) is 5.06 Å². The van der Waals surface area contributed by atoms with E-state index in [0.29, 0.717) is 12.8 Å². The van der Waals surface area contributed by atoms with E-state index in [1.807, 2.05) is 11.1 Å². The number of benzene rings is 1. The molecule has 0 saturated carbocycles. The van der Waals surface area contributed by atoms with Crippen molar-refractivity contribution in [3.05, 3.63) is 35.9 Å². The third-order valence-electron chi connectivity index (χ3n) is 3.14. The zero-order valence-electron chi connectivity index (χ0n) is 8.63. The monoisotopic (exact) mass is 205 g/mol. The van der Waals surface area contributed by atoms with E-state index in [0.717, 1.165) is 19.4 Å². The SMILES string of the molecule is c1ccc([C@@H]2C[C@H]3CCOCN3O2)cc1. The van der Waals surface area contributed by atoms with Gasteiger partial charge in [0.05, 0.1) is 6.61 Å². The van der Waals surface area contributed by atoms with E-state index in [1.54, 1.807) is 0 Å². The first kappa shape index (κ1) is 9.33. The minimum absolute atomic E-state index is 0.220. The third-order valence-corrected chi connectivity index (χ3v) is 3.14. The summed E-state index contributed by atoms with van der Waals surface area (Å²) in [5.74, 6) is 0. The van der Waals surface area contributed by atoms with Gasteiger partial charge in [-0.3, -0.25) is 4.84 Å². The van der Waals surface area contributed by atoms with Gasteiger partial charge in [0, 0.05) is 6.04 Å².